The second-order valence-corrected chi connectivity index (χ2v) is 6.84. The molecule has 2 aliphatic rings. The number of rotatable bonds is 2. The normalized spacial score (nSPS) is 25.6. The first-order chi connectivity index (χ1) is 10.3. The molecule has 1 unspecified atom stereocenters. The first-order valence-electron chi connectivity index (χ1n) is 7.65. The van der Waals surface area contributed by atoms with Crippen molar-refractivity contribution < 1.29 is 28.9 Å². The molecule has 0 aromatic carbocycles. The molecular weight excluding hydrogens is 290 g/mol. The molecule has 126 valence electrons. The molecule has 7 nitrogen and oxygen atoms in total. The van der Waals surface area contributed by atoms with Gasteiger partial charge in [0.25, 0.3) is 0 Å². The van der Waals surface area contributed by atoms with Crippen molar-refractivity contribution in [2.45, 2.75) is 45.3 Å². The molecule has 2 fully saturated rings. The zero-order chi connectivity index (χ0) is 16.4. The van der Waals surface area contributed by atoms with E-state index in [0.717, 1.165) is 0 Å². The Labute approximate surface area is 130 Å². The molecule has 2 saturated heterocycles. The molecule has 1 amide bonds. The van der Waals surface area contributed by atoms with Gasteiger partial charge in [0.2, 0.25) is 0 Å². The summed E-state index contributed by atoms with van der Waals surface area (Å²) in [6, 6.07) is -0.530. The summed E-state index contributed by atoms with van der Waals surface area (Å²) in [4.78, 5) is 25.9. The maximum Gasteiger partial charge on any atom is 0.410 e. The van der Waals surface area contributed by atoms with Crippen LogP contribution in [0.1, 0.15) is 33.6 Å². The van der Waals surface area contributed by atoms with Gasteiger partial charge >= 0.3 is 12.1 Å². The van der Waals surface area contributed by atoms with E-state index in [2.05, 4.69) is 0 Å². The molecule has 0 saturated carbocycles. The Kier molecular flexibility index (Phi) is 4.97. The van der Waals surface area contributed by atoms with Crippen molar-refractivity contribution in [3.8, 4) is 0 Å². The van der Waals surface area contributed by atoms with Crippen LogP contribution in [0.5, 0.6) is 0 Å². The van der Waals surface area contributed by atoms with Crippen LogP contribution in [0.2, 0.25) is 0 Å². The molecule has 7 heteroatoms. The molecule has 1 N–H and O–H groups in total. The summed E-state index contributed by atoms with van der Waals surface area (Å²) in [6.07, 6.45) is 0.263. The van der Waals surface area contributed by atoms with Crippen molar-refractivity contribution in [2.24, 2.45) is 5.41 Å². The standard InChI is InChI=1S/C15H25NO6/c1-14(2,3)22-13(19)16-6-9-21-10-11(16)15(12(17)18)4-7-20-8-5-15/h11H,4-10H2,1-3H3,(H,17,18). The van der Waals surface area contributed by atoms with E-state index in [-0.39, 0.29) is 6.61 Å². The summed E-state index contributed by atoms with van der Waals surface area (Å²) in [6.45, 7) is 7.09. The number of hydrogen-bond donors (Lipinski definition) is 1. The van der Waals surface area contributed by atoms with E-state index in [1.807, 2.05) is 0 Å². The van der Waals surface area contributed by atoms with Gasteiger partial charge in [-0.25, -0.2) is 4.79 Å². The summed E-state index contributed by atoms with van der Waals surface area (Å²) < 4.78 is 16.2. The Bertz CT molecular complexity index is 424. The van der Waals surface area contributed by atoms with Crippen molar-refractivity contribution in [3.63, 3.8) is 0 Å². The van der Waals surface area contributed by atoms with Crippen LogP contribution in [0, 0.1) is 5.41 Å². The highest BCUT2D eigenvalue weighted by Crippen LogP contribution is 2.39. The minimum atomic E-state index is -1.03. The quantitative estimate of drug-likeness (QED) is 0.831. The number of carbonyl (C=O) groups is 2. The molecule has 0 aliphatic carbocycles. The van der Waals surface area contributed by atoms with E-state index in [9.17, 15) is 14.7 Å². The largest absolute Gasteiger partial charge is 0.481 e. The number of carbonyl (C=O) groups excluding carboxylic acids is 1. The minimum absolute atomic E-state index is 0.214. The molecule has 2 rings (SSSR count). The third-order valence-electron chi connectivity index (χ3n) is 4.21. The van der Waals surface area contributed by atoms with Crippen molar-refractivity contribution in [1.82, 2.24) is 4.90 Å². The average Bonchev–Trinajstić information content (AvgIpc) is 2.46. The Morgan fingerprint density at radius 3 is 2.36 bits per heavy atom. The van der Waals surface area contributed by atoms with Gasteiger partial charge in [-0.15, -0.1) is 0 Å². The van der Waals surface area contributed by atoms with Gasteiger partial charge in [-0.3, -0.25) is 9.69 Å². The number of ether oxygens (including phenoxy) is 3. The Morgan fingerprint density at radius 2 is 1.82 bits per heavy atom. The molecule has 0 aromatic rings. The second-order valence-electron chi connectivity index (χ2n) is 6.84. The van der Waals surface area contributed by atoms with Gasteiger partial charge < -0.3 is 19.3 Å². The number of nitrogens with zero attached hydrogens (tertiary/aromatic N) is 1. The lowest BCUT2D eigenvalue weighted by molar-refractivity contribution is -0.168. The van der Waals surface area contributed by atoms with E-state index in [1.54, 1.807) is 20.8 Å². The first kappa shape index (κ1) is 17.0. The summed E-state index contributed by atoms with van der Waals surface area (Å²) in [5.41, 5.74) is -1.65. The maximum absolute atomic E-state index is 12.5. The van der Waals surface area contributed by atoms with Crippen LogP contribution >= 0.6 is 0 Å². The van der Waals surface area contributed by atoms with Gasteiger partial charge in [-0.2, -0.15) is 0 Å². The smallest absolute Gasteiger partial charge is 0.410 e. The lowest BCUT2D eigenvalue weighted by atomic mass is 9.73. The SMILES string of the molecule is CC(C)(C)OC(=O)N1CCOCC1C1(C(=O)O)CCOCC1. The first-order valence-corrected chi connectivity index (χ1v) is 7.65. The van der Waals surface area contributed by atoms with Crippen LogP contribution in [0.3, 0.4) is 0 Å². The molecule has 0 aromatic heterocycles. The second kappa shape index (κ2) is 6.42. The number of amides is 1. The molecule has 1 atom stereocenters. The van der Waals surface area contributed by atoms with Crippen molar-refractivity contribution in [2.75, 3.05) is 33.0 Å². The van der Waals surface area contributed by atoms with Gasteiger partial charge in [0.05, 0.1) is 24.7 Å². The zero-order valence-electron chi connectivity index (χ0n) is 13.5. The number of aliphatic carboxylic acids is 1. The molecule has 2 heterocycles. The molecule has 0 spiro atoms. The molecule has 0 radical (unpaired) electrons. The highest BCUT2D eigenvalue weighted by atomic mass is 16.6. The van der Waals surface area contributed by atoms with E-state index >= 15 is 0 Å². The van der Waals surface area contributed by atoms with E-state index in [0.29, 0.717) is 39.2 Å². The van der Waals surface area contributed by atoms with Crippen LogP contribution < -0.4 is 0 Å². The third-order valence-corrected chi connectivity index (χ3v) is 4.21. The Hall–Kier alpha value is -1.34. The van der Waals surface area contributed by atoms with Crippen molar-refractivity contribution in [1.29, 1.82) is 0 Å². The highest BCUT2D eigenvalue weighted by molar-refractivity contribution is 5.78. The van der Waals surface area contributed by atoms with E-state index in [4.69, 9.17) is 14.2 Å². The maximum atomic E-state index is 12.5. The van der Waals surface area contributed by atoms with Crippen LogP contribution in [-0.4, -0.2) is 66.7 Å². The van der Waals surface area contributed by atoms with Crippen LogP contribution in [-0.2, 0) is 19.0 Å². The lowest BCUT2D eigenvalue weighted by Crippen LogP contribution is -2.61. The predicted molar refractivity (Wildman–Crippen MR) is 77.7 cm³/mol. The number of morpholine rings is 1. The lowest BCUT2D eigenvalue weighted by Gasteiger charge is -2.47. The molecular formula is C15H25NO6. The zero-order valence-corrected chi connectivity index (χ0v) is 13.5. The van der Waals surface area contributed by atoms with Crippen molar-refractivity contribution >= 4 is 12.1 Å². The van der Waals surface area contributed by atoms with Gasteiger partial charge in [-0.05, 0) is 33.6 Å². The molecule has 0 bridgehead atoms. The van der Waals surface area contributed by atoms with E-state index in [1.165, 1.54) is 4.90 Å². The fourth-order valence-corrected chi connectivity index (χ4v) is 3.03. The summed E-state index contributed by atoms with van der Waals surface area (Å²) in [7, 11) is 0. The monoisotopic (exact) mass is 315 g/mol. The minimum Gasteiger partial charge on any atom is -0.481 e. The fourth-order valence-electron chi connectivity index (χ4n) is 3.03. The summed E-state index contributed by atoms with van der Waals surface area (Å²) in [5.74, 6) is -0.903. The highest BCUT2D eigenvalue weighted by Gasteiger charge is 2.52. The van der Waals surface area contributed by atoms with Crippen LogP contribution in [0.4, 0.5) is 4.79 Å². The Balaban J connectivity index is 2.24. The molecule has 22 heavy (non-hydrogen) atoms. The molecule has 2 aliphatic heterocycles. The van der Waals surface area contributed by atoms with E-state index < -0.39 is 29.1 Å². The van der Waals surface area contributed by atoms with Gasteiger partial charge in [0.15, 0.2) is 0 Å². The van der Waals surface area contributed by atoms with Gasteiger partial charge in [-0.1, -0.05) is 0 Å². The topological polar surface area (TPSA) is 85.3 Å². The van der Waals surface area contributed by atoms with Gasteiger partial charge in [0, 0.05) is 19.8 Å². The van der Waals surface area contributed by atoms with Crippen molar-refractivity contribution in [3.05, 3.63) is 0 Å². The van der Waals surface area contributed by atoms with Gasteiger partial charge in [0.1, 0.15) is 5.60 Å². The number of hydrogen-bond acceptors (Lipinski definition) is 5. The third kappa shape index (κ3) is 3.52. The fraction of sp³-hybridized carbons (Fsp3) is 0.867. The number of carboxylic acids is 1. The predicted octanol–water partition coefficient (Wildman–Crippen LogP) is 1.50. The van der Waals surface area contributed by atoms with Crippen LogP contribution in [0.25, 0.3) is 0 Å². The Morgan fingerprint density at radius 1 is 1.18 bits per heavy atom. The number of carboxylic acid groups (broad SMARTS) is 1. The average molecular weight is 315 g/mol. The van der Waals surface area contributed by atoms with Crippen LogP contribution in [0.15, 0.2) is 0 Å². The summed E-state index contributed by atoms with van der Waals surface area (Å²) >= 11 is 0. The summed E-state index contributed by atoms with van der Waals surface area (Å²) in [5, 5.41) is 9.78.